The number of carbonyl (C=O) groups is 2. The monoisotopic (exact) mass is 524 g/mol. The summed E-state index contributed by atoms with van der Waals surface area (Å²) < 4.78 is 67.2. The van der Waals surface area contributed by atoms with E-state index in [1.165, 1.54) is 0 Å². The summed E-state index contributed by atoms with van der Waals surface area (Å²) in [5.41, 5.74) is 1.24. The van der Waals surface area contributed by atoms with Crippen LogP contribution in [0, 0.1) is 11.4 Å². The highest BCUT2D eigenvalue weighted by molar-refractivity contribution is 5.92. The number of alkyl halides is 4. The number of aromatic nitrogens is 1. The smallest absolute Gasteiger partial charge is 0.342 e. The van der Waals surface area contributed by atoms with E-state index in [-0.39, 0.29) is 23.0 Å². The van der Waals surface area contributed by atoms with E-state index in [0.29, 0.717) is 11.1 Å². The fourth-order valence-electron chi connectivity index (χ4n) is 4.32. The van der Waals surface area contributed by atoms with Gasteiger partial charge in [-0.15, -0.1) is 0 Å². The molecule has 1 saturated carbocycles. The van der Waals surface area contributed by atoms with E-state index >= 15 is 0 Å². The van der Waals surface area contributed by atoms with E-state index in [2.05, 4.69) is 10.3 Å². The molecule has 1 aliphatic heterocycles. The second kappa shape index (κ2) is 10.4. The predicted molar refractivity (Wildman–Crippen MR) is 122 cm³/mol. The number of hydrogen-bond donors (Lipinski definition) is 3. The number of nitrogens with two attached hydrogens (primary N) is 1. The third kappa shape index (κ3) is 6.04. The molecular weight excluding hydrogens is 499 g/mol. The Hall–Kier alpha value is -3.61. The molecule has 13 heteroatoms. The van der Waals surface area contributed by atoms with E-state index in [9.17, 15) is 31.5 Å². The molecule has 4 rings (SSSR count). The number of hydrazine groups is 1. The average Bonchev–Trinajstić information content (AvgIpc) is 3.61. The van der Waals surface area contributed by atoms with Crippen LogP contribution in [0.5, 0.6) is 0 Å². The molecule has 37 heavy (non-hydrogen) atoms. The average molecular weight is 524 g/mol. The first-order valence-electron chi connectivity index (χ1n) is 11.6. The summed E-state index contributed by atoms with van der Waals surface area (Å²) in [7, 11) is 0. The SMILES string of the molecule is N=C(N(N)CC(=O)N1C[C@H](F)C[C@H]1C(=O)N[C@@H](c1ccccc1)c1ccc(C2CC2)c(F)n1)C(F)(F)F. The van der Waals surface area contributed by atoms with E-state index in [0.717, 1.165) is 17.7 Å². The molecule has 2 aliphatic rings. The summed E-state index contributed by atoms with van der Waals surface area (Å²) in [6.45, 7) is -1.60. The van der Waals surface area contributed by atoms with Gasteiger partial charge in [0.25, 0.3) is 0 Å². The second-order valence-corrected chi connectivity index (χ2v) is 9.11. The molecule has 1 aromatic carbocycles. The van der Waals surface area contributed by atoms with E-state index in [4.69, 9.17) is 11.3 Å². The molecule has 2 aromatic rings. The first-order valence-corrected chi connectivity index (χ1v) is 11.6. The topological polar surface area (TPSA) is 115 Å². The molecule has 0 spiro atoms. The summed E-state index contributed by atoms with van der Waals surface area (Å²) in [6.07, 6.45) is -5.33. The van der Waals surface area contributed by atoms with Crippen LogP contribution in [0.15, 0.2) is 42.5 Å². The van der Waals surface area contributed by atoms with Gasteiger partial charge in [-0.05, 0) is 30.4 Å². The maximum absolute atomic E-state index is 14.7. The molecule has 4 N–H and O–H groups in total. The molecule has 198 valence electrons. The Bertz CT molecular complexity index is 1170. The quantitative estimate of drug-likeness (QED) is 0.129. The Morgan fingerprint density at radius 2 is 1.86 bits per heavy atom. The Morgan fingerprint density at radius 1 is 1.19 bits per heavy atom. The van der Waals surface area contributed by atoms with Crippen molar-refractivity contribution in [3.05, 3.63) is 65.2 Å². The summed E-state index contributed by atoms with van der Waals surface area (Å²) in [5.74, 6) is 0.896. The van der Waals surface area contributed by atoms with Crippen molar-refractivity contribution in [3.8, 4) is 0 Å². The van der Waals surface area contributed by atoms with E-state index in [1.807, 2.05) is 0 Å². The Balaban J connectivity index is 1.54. The summed E-state index contributed by atoms with van der Waals surface area (Å²) in [4.78, 5) is 30.8. The van der Waals surface area contributed by atoms with Crippen molar-refractivity contribution in [1.29, 1.82) is 5.41 Å². The minimum Gasteiger partial charge on any atom is -0.342 e. The van der Waals surface area contributed by atoms with Crippen LogP contribution in [0.25, 0.3) is 0 Å². The van der Waals surface area contributed by atoms with E-state index in [1.54, 1.807) is 42.5 Å². The minimum absolute atomic E-state index is 0.107. The molecule has 1 aliphatic carbocycles. The van der Waals surface area contributed by atoms with Gasteiger partial charge in [-0.1, -0.05) is 36.4 Å². The summed E-state index contributed by atoms with van der Waals surface area (Å²) in [5, 5.41) is 9.63. The lowest BCUT2D eigenvalue weighted by Crippen LogP contribution is -2.53. The molecular formula is C24H25F5N6O2. The van der Waals surface area contributed by atoms with Gasteiger partial charge >= 0.3 is 6.18 Å². The van der Waals surface area contributed by atoms with Crippen molar-refractivity contribution < 1.29 is 31.5 Å². The lowest BCUT2D eigenvalue weighted by atomic mass is 10.0. The van der Waals surface area contributed by atoms with Crippen LogP contribution in [0.4, 0.5) is 22.0 Å². The van der Waals surface area contributed by atoms with Gasteiger partial charge < -0.3 is 10.2 Å². The maximum atomic E-state index is 14.7. The van der Waals surface area contributed by atoms with Gasteiger partial charge in [0.1, 0.15) is 18.8 Å². The number of nitrogens with one attached hydrogen (secondary N) is 2. The van der Waals surface area contributed by atoms with Crippen LogP contribution in [0.1, 0.15) is 48.0 Å². The van der Waals surface area contributed by atoms with Gasteiger partial charge in [0.05, 0.1) is 18.3 Å². The second-order valence-electron chi connectivity index (χ2n) is 9.11. The van der Waals surface area contributed by atoms with Crippen LogP contribution < -0.4 is 11.2 Å². The van der Waals surface area contributed by atoms with Crippen LogP contribution in [0.3, 0.4) is 0 Å². The number of amidine groups is 1. The lowest BCUT2D eigenvalue weighted by molar-refractivity contribution is -0.139. The maximum Gasteiger partial charge on any atom is 0.450 e. The predicted octanol–water partition coefficient (Wildman–Crippen LogP) is 2.96. The molecule has 3 atom stereocenters. The van der Waals surface area contributed by atoms with Crippen molar-refractivity contribution in [2.75, 3.05) is 13.1 Å². The number of halogens is 5. The van der Waals surface area contributed by atoms with Gasteiger partial charge in [0.15, 0.2) is 0 Å². The minimum atomic E-state index is -5.08. The number of benzene rings is 1. The van der Waals surface area contributed by atoms with Crippen LogP contribution in [0.2, 0.25) is 0 Å². The van der Waals surface area contributed by atoms with Crippen molar-refractivity contribution >= 4 is 17.6 Å². The highest BCUT2D eigenvalue weighted by atomic mass is 19.4. The van der Waals surface area contributed by atoms with Crippen LogP contribution in [-0.4, -0.2) is 64.0 Å². The number of nitrogens with zero attached hydrogens (tertiary/aromatic N) is 3. The number of pyridine rings is 1. The van der Waals surface area contributed by atoms with Crippen molar-refractivity contribution in [1.82, 2.24) is 20.2 Å². The largest absolute Gasteiger partial charge is 0.450 e. The number of hydrogen-bond acceptors (Lipinski definition) is 5. The van der Waals surface area contributed by atoms with Crippen molar-refractivity contribution in [2.24, 2.45) is 5.84 Å². The van der Waals surface area contributed by atoms with Crippen LogP contribution >= 0.6 is 0 Å². The molecule has 0 radical (unpaired) electrons. The normalized spacial score (nSPS) is 20.4. The fourth-order valence-corrected chi connectivity index (χ4v) is 4.32. The lowest BCUT2D eigenvalue weighted by Gasteiger charge is -2.28. The third-order valence-corrected chi connectivity index (χ3v) is 6.37. The molecule has 1 saturated heterocycles. The number of carbonyl (C=O) groups excluding carboxylic acids is 2. The molecule has 8 nitrogen and oxygen atoms in total. The number of rotatable bonds is 7. The molecule has 2 amide bonds. The Morgan fingerprint density at radius 3 is 2.46 bits per heavy atom. The standard InChI is InChI=1S/C24H25F5N6O2/c25-15-10-18(34(11-15)19(36)12-35(31)23(30)24(27,28)29)22(37)33-20(14-4-2-1-3-5-14)17-9-8-16(13-6-7-13)21(26)32-17/h1-5,8-9,13,15,18,20,30H,6-7,10-12,31H2,(H,33,37)/t15-,18+,20+/m1/s1. The first kappa shape index (κ1) is 26.5. The highest BCUT2D eigenvalue weighted by Gasteiger charge is 2.43. The third-order valence-electron chi connectivity index (χ3n) is 6.37. The molecule has 0 unspecified atom stereocenters. The van der Waals surface area contributed by atoms with Gasteiger partial charge in [0.2, 0.25) is 23.6 Å². The van der Waals surface area contributed by atoms with Gasteiger partial charge in [-0.25, -0.2) is 15.2 Å². The molecule has 1 aromatic heterocycles. The van der Waals surface area contributed by atoms with Crippen molar-refractivity contribution in [3.63, 3.8) is 0 Å². The summed E-state index contributed by atoms with van der Waals surface area (Å²) >= 11 is 0. The molecule has 2 heterocycles. The Kier molecular flexibility index (Phi) is 7.44. The molecule has 0 bridgehead atoms. The Labute approximate surface area is 209 Å². The zero-order chi connectivity index (χ0) is 26.9. The van der Waals surface area contributed by atoms with Crippen molar-refractivity contribution in [2.45, 2.75) is 49.6 Å². The zero-order valence-electron chi connectivity index (χ0n) is 19.5. The van der Waals surface area contributed by atoms with Crippen LogP contribution in [-0.2, 0) is 9.59 Å². The highest BCUT2D eigenvalue weighted by Crippen LogP contribution is 2.41. The molecule has 2 fully saturated rings. The summed E-state index contributed by atoms with van der Waals surface area (Å²) in [6, 6.07) is 9.46. The number of likely N-dealkylation sites (tertiary alicyclic amines) is 1. The van der Waals surface area contributed by atoms with Gasteiger partial charge in [0, 0.05) is 12.0 Å². The first-order chi connectivity index (χ1) is 17.5. The number of amides is 2. The van der Waals surface area contributed by atoms with Gasteiger partial charge in [-0.3, -0.25) is 20.0 Å². The zero-order valence-corrected chi connectivity index (χ0v) is 19.5. The van der Waals surface area contributed by atoms with E-state index < -0.39 is 61.1 Å². The van der Waals surface area contributed by atoms with Gasteiger partial charge in [-0.2, -0.15) is 17.6 Å². The fraction of sp³-hybridized carbons (Fsp3) is 0.417.